The van der Waals surface area contributed by atoms with Crippen LogP contribution in [0.4, 0.5) is 0 Å². The Morgan fingerprint density at radius 3 is 2.09 bits per heavy atom. The second kappa shape index (κ2) is 2.76. The number of nitrogens with zero attached hydrogens (tertiary/aromatic N) is 1. The molecule has 1 aliphatic heterocycles. The minimum atomic E-state index is -0.107. The van der Waals surface area contributed by atoms with Crippen molar-refractivity contribution in [3.63, 3.8) is 0 Å². The van der Waals surface area contributed by atoms with E-state index in [9.17, 15) is 5.11 Å². The highest BCUT2D eigenvalue weighted by molar-refractivity contribution is 4.89. The summed E-state index contributed by atoms with van der Waals surface area (Å²) in [6.45, 7) is 9.61. The first-order valence-corrected chi connectivity index (χ1v) is 4.36. The molecular weight excluding hydrogens is 138 g/mol. The fourth-order valence-electron chi connectivity index (χ4n) is 1.94. The molecule has 0 saturated carbocycles. The molecule has 0 aromatic carbocycles. The summed E-state index contributed by atoms with van der Waals surface area (Å²) >= 11 is 0. The van der Waals surface area contributed by atoms with Crippen molar-refractivity contribution in [2.45, 2.75) is 51.8 Å². The summed E-state index contributed by atoms with van der Waals surface area (Å²) in [6, 6.07) is 0.532. The van der Waals surface area contributed by atoms with Gasteiger partial charge in [0.2, 0.25) is 0 Å². The van der Waals surface area contributed by atoms with Gasteiger partial charge in [0.05, 0.1) is 6.10 Å². The number of β-amino-alcohol motifs (C(OH)–C–C–N with tert-alkyl or cyclic N) is 1. The van der Waals surface area contributed by atoms with E-state index in [4.69, 9.17) is 0 Å². The number of likely N-dealkylation sites (tertiary alicyclic amines) is 1. The Balaban J connectivity index is 2.60. The second-order valence-electron chi connectivity index (χ2n) is 4.56. The van der Waals surface area contributed by atoms with E-state index in [1.54, 1.807) is 0 Å². The number of hydrogen-bond acceptors (Lipinski definition) is 2. The maximum atomic E-state index is 9.39. The van der Waals surface area contributed by atoms with Gasteiger partial charge in [-0.1, -0.05) is 0 Å². The molecule has 11 heavy (non-hydrogen) atoms. The summed E-state index contributed by atoms with van der Waals surface area (Å²) in [5.74, 6) is 0. The van der Waals surface area contributed by atoms with Gasteiger partial charge in [-0.25, -0.2) is 0 Å². The molecule has 1 aliphatic rings. The highest BCUT2D eigenvalue weighted by Crippen LogP contribution is 2.25. The average molecular weight is 157 g/mol. The standard InChI is InChI=1S/C9H19NO/c1-7-5-8(11)6-10(7)9(2,3)4/h7-8,11H,5-6H2,1-4H3. The highest BCUT2D eigenvalue weighted by atomic mass is 16.3. The SMILES string of the molecule is CC1CC(O)CN1C(C)(C)C. The Hall–Kier alpha value is -0.0800. The van der Waals surface area contributed by atoms with E-state index in [-0.39, 0.29) is 11.6 Å². The van der Waals surface area contributed by atoms with Gasteiger partial charge in [-0.05, 0) is 34.1 Å². The quantitative estimate of drug-likeness (QED) is 0.572. The third-order valence-corrected chi connectivity index (χ3v) is 2.41. The van der Waals surface area contributed by atoms with Crippen LogP contribution in [0.1, 0.15) is 34.1 Å². The van der Waals surface area contributed by atoms with Gasteiger partial charge in [0.1, 0.15) is 0 Å². The third-order valence-electron chi connectivity index (χ3n) is 2.41. The molecule has 0 aromatic heterocycles. The predicted octanol–water partition coefficient (Wildman–Crippen LogP) is 1.24. The molecule has 1 heterocycles. The van der Waals surface area contributed by atoms with Crippen molar-refractivity contribution in [2.75, 3.05) is 6.54 Å². The molecule has 2 atom stereocenters. The van der Waals surface area contributed by atoms with E-state index in [0.717, 1.165) is 13.0 Å². The Kier molecular flexibility index (Phi) is 2.26. The molecular formula is C9H19NO. The Bertz CT molecular complexity index is 139. The van der Waals surface area contributed by atoms with Crippen LogP contribution < -0.4 is 0 Å². The van der Waals surface area contributed by atoms with Gasteiger partial charge in [-0.2, -0.15) is 0 Å². The fraction of sp³-hybridized carbons (Fsp3) is 1.00. The van der Waals surface area contributed by atoms with Crippen LogP contribution in [0.2, 0.25) is 0 Å². The number of rotatable bonds is 0. The number of hydrogen-bond donors (Lipinski definition) is 1. The van der Waals surface area contributed by atoms with E-state index in [0.29, 0.717) is 6.04 Å². The van der Waals surface area contributed by atoms with E-state index >= 15 is 0 Å². The van der Waals surface area contributed by atoms with Crippen molar-refractivity contribution in [1.82, 2.24) is 4.90 Å². The van der Waals surface area contributed by atoms with Gasteiger partial charge in [0.15, 0.2) is 0 Å². The zero-order valence-corrected chi connectivity index (χ0v) is 7.96. The Morgan fingerprint density at radius 2 is 1.91 bits per heavy atom. The molecule has 2 nitrogen and oxygen atoms in total. The van der Waals surface area contributed by atoms with Crippen LogP contribution in [-0.2, 0) is 0 Å². The first-order valence-electron chi connectivity index (χ1n) is 4.36. The van der Waals surface area contributed by atoms with Crippen molar-refractivity contribution in [2.24, 2.45) is 0 Å². The van der Waals surface area contributed by atoms with Crippen molar-refractivity contribution in [1.29, 1.82) is 0 Å². The van der Waals surface area contributed by atoms with Gasteiger partial charge in [-0.3, -0.25) is 4.90 Å². The minimum Gasteiger partial charge on any atom is -0.392 e. The van der Waals surface area contributed by atoms with Gasteiger partial charge in [0, 0.05) is 18.1 Å². The Morgan fingerprint density at radius 1 is 1.36 bits per heavy atom. The molecule has 1 N–H and O–H groups in total. The lowest BCUT2D eigenvalue weighted by atomic mass is 10.1. The van der Waals surface area contributed by atoms with Gasteiger partial charge < -0.3 is 5.11 Å². The van der Waals surface area contributed by atoms with E-state index < -0.39 is 0 Å². The molecule has 0 aromatic rings. The number of aliphatic hydroxyl groups is 1. The van der Waals surface area contributed by atoms with Crippen LogP contribution in [0, 0.1) is 0 Å². The summed E-state index contributed by atoms with van der Waals surface area (Å²) in [5.41, 5.74) is 0.205. The van der Waals surface area contributed by atoms with Crippen molar-refractivity contribution >= 4 is 0 Å². The first-order chi connectivity index (χ1) is 4.91. The van der Waals surface area contributed by atoms with E-state index in [1.165, 1.54) is 0 Å². The molecule has 0 radical (unpaired) electrons. The summed E-state index contributed by atoms with van der Waals surface area (Å²) < 4.78 is 0. The molecule has 66 valence electrons. The molecule has 2 unspecified atom stereocenters. The lowest BCUT2D eigenvalue weighted by Crippen LogP contribution is -2.43. The molecule has 0 bridgehead atoms. The summed E-state index contributed by atoms with van der Waals surface area (Å²) in [5, 5.41) is 9.39. The monoisotopic (exact) mass is 157 g/mol. The molecule has 2 heteroatoms. The maximum absolute atomic E-state index is 9.39. The fourth-order valence-corrected chi connectivity index (χ4v) is 1.94. The topological polar surface area (TPSA) is 23.5 Å². The average Bonchev–Trinajstić information content (AvgIpc) is 2.08. The van der Waals surface area contributed by atoms with Crippen LogP contribution in [0.5, 0.6) is 0 Å². The van der Waals surface area contributed by atoms with Crippen LogP contribution in [-0.4, -0.2) is 34.2 Å². The predicted molar refractivity (Wildman–Crippen MR) is 46.5 cm³/mol. The smallest absolute Gasteiger partial charge is 0.0682 e. The third kappa shape index (κ3) is 1.94. The Labute approximate surface area is 69.2 Å². The van der Waals surface area contributed by atoms with Crippen molar-refractivity contribution in [3.8, 4) is 0 Å². The zero-order valence-electron chi connectivity index (χ0n) is 7.96. The van der Waals surface area contributed by atoms with Gasteiger partial charge in [-0.15, -0.1) is 0 Å². The maximum Gasteiger partial charge on any atom is 0.0682 e. The lowest BCUT2D eigenvalue weighted by molar-refractivity contribution is 0.109. The molecule has 0 amide bonds. The van der Waals surface area contributed by atoms with Crippen LogP contribution in [0.3, 0.4) is 0 Å². The molecule has 1 rings (SSSR count). The van der Waals surface area contributed by atoms with Crippen LogP contribution in [0.25, 0.3) is 0 Å². The second-order valence-corrected chi connectivity index (χ2v) is 4.56. The highest BCUT2D eigenvalue weighted by Gasteiger charge is 2.34. The molecule has 0 spiro atoms. The zero-order chi connectivity index (χ0) is 8.65. The first kappa shape index (κ1) is 9.01. The summed E-state index contributed by atoms with van der Waals surface area (Å²) in [4.78, 5) is 2.36. The van der Waals surface area contributed by atoms with Crippen LogP contribution in [0.15, 0.2) is 0 Å². The largest absolute Gasteiger partial charge is 0.392 e. The molecule has 1 saturated heterocycles. The minimum absolute atomic E-state index is 0.107. The van der Waals surface area contributed by atoms with Gasteiger partial charge in [0.25, 0.3) is 0 Å². The summed E-state index contributed by atoms with van der Waals surface area (Å²) in [7, 11) is 0. The summed E-state index contributed by atoms with van der Waals surface area (Å²) in [6.07, 6.45) is 0.821. The van der Waals surface area contributed by atoms with Crippen LogP contribution >= 0.6 is 0 Å². The van der Waals surface area contributed by atoms with Gasteiger partial charge >= 0.3 is 0 Å². The molecule has 1 fully saturated rings. The normalized spacial score (nSPS) is 34.6. The number of aliphatic hydroxyl groups excluding tert-OH is 1. The van der Waals surface area contributed by atoms with Crippen molar-refractivity contribution in [3.05, 3.63) is 0 Å². The van der Waals surface area contributed by atoms with E-state index in [1.807, 2.05) is 0 Å². The molecule has 0 aliphatic carbocycles. The van der Waals surface area contributed by atoms with E-state index in [2.05, 4.69) is 32.6 Å². The van der Waals surface area contributed by atoms with Crippen molar-refractivity contribution < 1.29 is 5.11 Å². The lowest BCUT2D eigenvalue weighted by Gasteiger charge is -2.35.